The minimum atomic E-state index is -4.31. The predicted octanol–water partition coefficient (Wildman–Crippen LogP) is 2.92. The molecule has 0 bridgehead atoms. The summed E-state index contributed by atoms with van der Waals surface area (Å²) in [6, 6.07) is 4.57. The number of halogens is 3. The second-order valence-corrected chi connectivity index (χ2v) is 2.61. The molecule has 0 amide bonds. The Hall–Kier alpha value is -1.58. The molecule has 0 aromatic heterocycles. The molecule has 1 aromatic rings. The van der Waals surface area contributed by atoms with E-state index in [2.05, 4.69) is 0 Å². The first-order valence-corrected chi connectivity index (χ1v) is 3.83. The van der Waals surface area contributed by atoms with Gasteiger partial charge < -0.3 is 0 Å². The van der Waals surface area contributed by atoms with Crippen molar-refractivity contribution >= 4 is 12.4 Å². The van der Waals surface area contributed by atoms with Crippen molar-refractivity contribution < 1.29 is 18.0 Å². The Bertz CT molecular complexity index is 335. The van der Waals surface area contributed by atoms with E-state index in [1.807, 2.05) is 0 Å². The van der Waals surface area contributed by atoms with Gasteiger partial charge in [0.1, 0.15) is 6.29 Å². The van der Waals surface area contributed by atoms with E-state index in [1.54, 1.807) is 0 Å². The fourth-order valence-corrected chi connectivity index (χ4v) is 0.934. The molecule has 1 nitrogen and oxygen atoms in total. The highest BCUT2D eigenvalue weighted by Crippen LogP contribution is 2.29. The molecule has 0 aliphatic carbocycles. The van der Waals surface area contributed by atoms with Crippen molar-refractivity contribution in [3.05, 3.63) is 41.5 Å². The summed E-state index contributed by atoms with van der Waals surface area (Å²) in [6.45, 7) is 0. The van der Waals surface area contributed by atoms with Gasteiger partial charge in [-0.25, -0.2) is 0 Å². The van der Waals surface area contributed by atoms with Gasteiger partial charge in [-0.1, -0.05) is 18.2 Å². The molecule has 1 rings (SSSR count). The zero-order chi connectivity index (χ0) is 10.6. The van der Waals surface area contributed by atoms with Crippen LogP contribution in [0.25, 0.3) is 6.08 Å². The number of carbonyl (C=O) groups excluding carboxylic acids is 1. The third kappa shape index (κ3) is 2.73. The molecule has 0 saturated heterocycles. The second kappa shape index (κ2) is 4.09. The molecule has 0 atom stereocenters. The summed E-state index contributed by atoms with van der Waals surface area (Å²) in [5.74, 6) is 0. The van der Waals surface area contributed by atoms with Gasteiger partial charge in [0, 0.05) is 0 Å². The molecule has 14 heavy (non-hydrogen) atoms. The van der Waals surface area contributed by atoms with Gasteiger partial charge in [0.25, 0.3) is 0 Å². The van der Waals surface area contributed by atoms with Gasteiger partial charge in [0.05, 0.1) is 5.56 Å². The fraction of sp³-hybridized carbons (Fsp3) is 0.100. The van der Waals surface area contributed by atoms with E-state index in [0.717, 1.165) is 12.1 Å². The number of hydrogen-bond acceptors (Lipinski definition) is 1. The number of rotatable bonds is 2. The largest absolute Gasteiger partial charge is 0.416 e. The van der Waals surface area contributed by atoms with E-state index >= 15 is 0 Å². The number of alkyl halides is 3. The van der Waals surface area contributed by atoms with Crippen LogP contribution in [-0.2, 0) is 11.0 Å². The first-order chi connectivity index (χ1) is 6.54. The molecule has 0 heterocycles. The lowest BCUT2D eigenvalue weighted by molar-refractivity contribution is -0.137. The van der Waals surface area contributed by atoms with Crippen molar-refractivity contribution in [2.75, 3.05) is 0 Å². The number of allylic oxidation sites excluding steroid dienone is 1. The van der Waals surface area contributed by atoms with Crippen molar-refractivity contribution in [3.63, 3.8) is 0 Å². The number of aldehydes is 1. The maximum absolute atomic E-state index is 12.1. The Morgan fingerprint density at radius 3 is 2.07 bits per heavy atom. The Morgan fingerprint density at radius 2 is 1.64 bits per heavy atom. The smallest absolute Gasteiger partial charge is 0.299 e. The molecular formula is C10H7F3O. The Labute approximate surface area is 78.9 Å². The quantitative estimate of drug-likeness (QED) is 0.530. The average molecular weight is 200 g/mol. The highest BCUT2D eigenvalue weighted by molar-refractivity contribution is 5.73. The lowest BCUT2D eigenvalue weighted by Crippen LogP contribution is -2.03. The van der Waals surface area contributed by atoms with Crippen LogP contribution in [-0.4, -0.2) is 6.29 Å². The molecule has 0 unspecified atom stereocenters. The molecular weight excluding hydrogens is 193 g/mol. The Balaban J connectivity index is 2.89. The van der Waals surface area contributed by atoms with Crippen LogP contribution in [0.4, 0.5) is 13.2 Å². The van der Waals surface area contributed by atoms with E-state index < -0.39 is 11.7 Å². The lowest BCUT2D eigenvalue weighted by Gasteiger charge is -2.05. The molecule has 0 saturated carbocycles. The Morgan fingerprint density at radius 1 is 1.07 bits per heavy atom. The second-order valence-electron chi connectivity index (χ2n) is 2.61. The molecule has 0 radical (unpaired) electrons. The first-order valence-electron chi connectivity index (χ1n) is 3.83. The molecule has 0 aliphatic heterocycles. The SMILES string of the molecule is O=C/C=C\c1ccc(C(F)(F)F)cc1. The third-order valence-electron chi connectivity index (χ3n) is 1.61. The highest BCUT2D eigenvalue weighted by atomic mass is 19.4. The van der Waals surface area contributed by atoms with Crippen LogP contribution in [0.2, 0.25) is 0 Å². The number of benzene rings is 1. The van der Waals surface area contributed by atoms with E-state index in [9.17, 15) is 18.0 Å². The van der Waals surface area contributed by atoms with Crippen molar-refractivity contribution in [2.24, 2.45) is 0 Å². The van der Waals surface area contributed by atoms with E-state index in [0.29, 0.717) is 11.8 Å². The van der Waals surface area contributed by atoms with Crippen LogP contribution in [0.3, 0.4) is 0 Å². The highest BCUT2D eigenvalue weighted by Gasteiger charge is 2.29. The zero-order valence-corrected chi connectivity index (χ0v) is 7.08. The van der Waals surface area contributed by atoms with Gasteiger partial charge in [0.15, 0.2) is 0 Å². The zero-order valence-electron chi connectivity index (χ0n) is 7.08. The van der Waals surface area contributed by atoms with Crippen LogP contribution in [0, 0.1) is 0 Å². The van der Waals surface area contributed by atoms with Gasteiger partial charge in [-0.2, -0.15) is 13.2 Å². The predicted molar refractivity (Wildman–Crippen MR) is 46.5 cm³/mol. The summed E-state index contributed by atoms with van der Waals surface area (Å²) in [6.07, 6.45) is -1.08. The van der Waals surface area contributed by atoms with Crippen LogP contribution in [0.1, 0.15) is 11.1 Å². The minimum absolute atomic E-state index is 0.560. The van der Waals surface area contributed by atoms with Crippen molar-refractivity contribution in [1.82, 2.24) is 0 Å². The summed E-state index contributed by atoms with van der Waals surface area (Å²) in [4.78, 5) is 9.94. The summed E-state index contributed by atoms with van der Waals surface area (Å²) in [7, 11) is 0. The van der Waals surface area contributed by atoms with Gasteiger partial charge in [-0.3, -0.25) is 4.79 Å². The molecule has 0 fully saturated rings. The van der Waals surface area contributed by atoms with E-state index in [1.165, 1.54) is 24.3 Å². The van der Waals surface area contributed by atoms with Crippen LogP contribution >= 0.6 is 0 Å². The average Bonchev–Trinajstić information content (AvgIpc) is 2.14. The summed E-state index contributed by atoms with van der Waals surface area (Å²) >= 11 is 0. The summed E-state index contributed by atoms with van der Waals surface area (Å²) in [5.41, 5.74) is -0.133. The van der Waals surface area contributed by atoms with Crippen LogP contribution in [0.15, 0.2) is 30.3 Å². The minimum Gasteiger partial charge on any atom is -0.299 e. The molecule has 74 valence electrons. The normalized spacial score (nSPS) is 11.9. The van der Waals surface area contributed by atoms with E-state index in [-0.39, 0.29) is 0 Å². The topological polar surface area (TPSA) is 17.1 Å². The number of carbonyl (C=O) groups is 1. The van der Waals surface area contributed by atoms with Crippen LogP contribution in [0.5, 0.6) is 0 Å². The third-order valence-corrected chi connectivity index (χ3v) is 1.61. The molecule has 1 aromatic carbocycles. The van der Waals surface area contributed by atoms with Crippen molar-refractivity contribution in [3.8, 4) is 0 Å². The van der Waals surface area contributed by atoms with Gasteiger partial charge in [-0.05, 0) is 23.8 Å². The first kappa shape index (κ1) is 10.5. The molecule has 0 aliphatic rings. The maximum Gasteiger partial charge on any atom is 0.416 e. The van der Waals surface area contributed by atoms with Crippen molar-refractivity contribution in [2.45, 2.75) is 6.18 Å². The van der Waals surface area contributed by atoms with Gasteiger partial charge in [0.2, 0.25) is 0 Å². The standard InChI is InChI=1S/C10H7F3O/c11-10(12,13)9-5-3-8(4-6-9)2-1-7-14/h1-7H/b2-1-. The molecule has 0 spiro atoms. The summed E-state index contributed by atoms with van der Waals surface area (Å²) in [5, 5.41) is 0. The van der Waals surface area contributed by atoms with Gasteiger partial charge >= 0.3 is 6.18 Å². The van der Waals surface area contributed by atoms with Gasteiger partial charge in [-0.15, -0.1) is 0 Å². The molecule has 4 heteroatoms. The maximum atomic E-state index is 12.1. The fourth-order valence-electron chi connectivity index (χ4n) is 0.934. The van der Waals surface area contributed by atoms with Crippen molar-refractivity contribution in [1.29, 1.82) is 0 Å². The van der Waals surface area contributed by atoms with Crippen LogP contribution < -0.4 is 0 Å². The lowest BCUT2D eigenvalue weighted by atomic mass is 10.1. The molecule has 0 N–H and O–H groups in total. The summed E-state index contributed by atoms with van der Waals surface area (Å²) < 4.78 is 36.3. The monoisotopic (exact) mass is 200 g/mol. The van der Waals surface area contributed by atoms with E-state index in [4.69, 9.17) is 0 Å². The number of hydrogen-bond donors (Lipinski definition) is 0. The Kier molecular flexibility index (Phi) is 3.06.